The highest BCUT2D eigenvalue weighted by molar-refractivity contribution is 5.05. The second-order valence-corrected chi connectivity index (χ2v) is 9.33. The molecule has 0 N–H and O–H groups in total. The summed E-state index contributed by atoms with van der Waals surface area (Å²) in [5, 5.41) is 0. The molecule has 0 aromatic carbocycles. The highest BCUT2D eigenvalue weighted by Gasteiger charge is 2.18. The second-order valence-electron chi connectivity index (χ2n) is 9.33. The third kappa shape index (κ3) is 13.5. The average Bonchev–Trinajstić information content (AvgIpc) is 3.28. The van der Waals surface area contributed by atoms with Crippen molar-refractivity contribution < 1.29 is 13.3 Å². The van der Waals surface area contributed by atoms with E-state index in [1.54, 1.807) is 24.9 Å². The standard InChI is InChI=1S/3C7H11NO.4CH4/c1-7(2,3)6-4-9-5-8-6;1-7(2,3)6-4-8-5-9-6;1-7(2,3)6-8-4-5-9-6;;;;/h3*4-5H,1-3H3;4*1H4. The van der Waals surface area contributed by atoms with Gasteiger partial charge in [-0.15, -0.1) is 0 Å². The number of rotatable bonds is 0. The highest BCUT2D eigenvalue weighted by Crippen LogP contribution is 2.21. The smallest absolute Gasteiger partial charge is 0.199 e. The minimum Gasteiger partial charge on any atom is -0.451 e. The summed E-state index contributed by atoms with van der Waals surface area (Å²) in [7, 11) is 0. The molecule has 3 aromatic heterocycles. The van der Waals surface area contributed by atoms with Gasteiger partial charge in [0.2, 0.25) is 0 Å². The predicted octanol–water partition coefficient (Wildman–Crippen LogP) is 8.46. The van der Waals surface area contributed by atoms with E-state index in [2.05, 4.69) is 77.3 Å². The zero-order valence-corrected chi connectivity index (χ0v) is 18.0. The summed E-state index contributed by atoms with van der Waals surface area (Å²) >= 11 is 0. The fourth-order valence-corrected chi connectivity index (χ4v) is 1.76. The van der Waals surface area contributed by atoms with Gasteiger partial charge in [-0.3, -0.25) is 0 Å². The topological polar surface area (TPSA) is 78.1 Å². The first-order valence-electron chi connectivity index (χ1n) is 8.99. The van der Waals surface area contributed by atoms with Crippen molar-refractivity contribution in [2.45, 2.75) is 108 Å². The molecular weight excluding hydrogens is 390 g/mol. The number of oxazole rings is 3. The lowest BCUT2D eigenvalue weighted by Crippen LogP contribution is -2.10. The molecule has 0 aliphatic heterocycles. The predicted molar refractivity (Wildman–Crippen MR) is 133 cm³/mol. The van der Waals surface area contributed by atoms with Gasteiger partial charge in [-0.1, -0.05) is 92.0 Å². The van der Waals surface area contributed by atoms with Crippen LogP contribution in [0.5, 0.6) is 0 Å². The van der Waals surface area contributed by atoms with Crippen LogP contribution in [0.15, 0.2) is 51.0 Å². The molecule has 0 atom stereocenters. The van der Waals surface area contributed by atoms with Gasteiger partial charge in [0.25, 0.3) is 0 Å². The molecule has 0 saturated heterocycles. The van der Waals surface area contributed by atoms with Gasteiger partial charge in [0.15, 0.2) is 18.7 Å². The van der Waals surface area contributed by atoms with Gasteiger partial charge in [0, 0.05) is 16.2 Å². The molecular formula is C25H49N3O3. The van der Waals surface area contributed by atoms with Crippen LogP contribution in [0.3, 0.4) is 0 Å². The first-order chi connectivity index (χ1) is 12.3. The third-order valence-corrected chi connectivity index (χ3v) is 3.45. The number of hydrogen-bond acceptors (Lipinski definition) is 6. The minimum absolute atomic E-state index is 0. The molecule has 0 fully saturated rings. The maximum Gasteiger partial charge on any atom is 0.199 e. The van der Waals surface area contributed by atoms with Crippen LogP contribution in [0, 0.1) is 0 Å². The molecule has 0 radical (unpaired) electrons. The molecule has 6 heteroatoms. The average molecular weight is 440 g/mol. The van der Waals surface area contributed by atoms with E-state index in [4.69, 9.17) is 13.3 Å². The van der Waals surface area contributed by atoms with Crippen molar-refractivity contribution in [1.29, 1.82) is 0 Å². The van der Waals surface area contributed by atoms with E-state index in [1.165, 1.54) is 12.8 Å². The molecule has 0 amide bonds. The first kappa shape index (κ1) is 36.0. The minimum atomic E-state index is 0. The number of hydrogen-bond donors (Lipinski definition) is 0. The third-order valence-electron chi connectivity index (χ3n) is 3.45. The number of aromatic nitrogens is 3. The van der Waals surface area contributed by atoms with E-state index < -0.39 is 0 Å². The van der Waals surface area contributed by atoms with Crippen LogP contribution in [-0.2, 0) is 16.2 Å². The summed E-state index contributed by atoms with van der Waals surface area (Å²) in [6, 6.07) is 0. The van der Waals surface area contributed by atoms with Crippen LogP contribution < -0.4 is 0 Å². The summed E-state index contributed by atoms with van der Waals surface area (Å²) in [5.41, 5.74) is 1.26. The molecule has 3 aromatic rings. The van der Waals surface area contributed by atoms with Gasteiger partial charge < -0.3 is 13.3 Å². The molecule has 0 spiro atoms. The van der Waals surface area contributed by atoms with Gasteiger partial charge in [-0.2, -0.15) is 0 Å². The molecule has 0 unspecified atom stereocenters. The van der Waals surface area contributed by atoms with E-state index in [9.17, 15) is 0 Å². The van der Waals surface area contributed by atoms with Crippen molar-refractivity contribution in [3.05, 3.63) is 55.1 Å². The van der Waals surface area contributed by atoms with Crippen LogP contribution in [0.4, 0.5) is 0 Å². The zero-order valence-electron chi connectivity index (χ0n) is 18.0. The quantitative estimate of drug-likeness (QED) is 0.349. The molecule has 182 valence electrons. The molecule has 0 saturated carbocycles. The Balaban J connectivity index is -0.000000166. The Morgan fingerprint density at radius 1 is 0.677 bits per heavy atom. The normalized spacial score (nSPS) is 10.4. The maximum atomic E-state index is 5.09. The van der Waals surface area contributed by atoms with E-state index in [0.717, 1.165) is 17.3 Å². The monoisotopic (exact) mass is 439 g/mol. The maximum absolute atomic E-state index is 5.09. The van der Waals surface area contributed by atoms with Crippen molar-refractivity contribution >= 4 is 0 Å². The highest BCUT2D eigenvalue weighted by atomic mass is 16.3. The van der Waals surface area contributed by atoms with Crippen LogP contribution in [-0.4, -0.2) is 15.0 Å². The van der Waals surface area contributed by atoms with Crippen molar-refractivity contribution in [2.75, 3.05) is 0 Å². The lowest BCUT2D eigenvalue weighted by atomic mass is 9.93. The Morgan fingerprint density at radius 3 is 1.45 bits per heavy atom. The fourth-order valence-electron chi connectivity index (χ4n) is 1.76. The summed E-state index contributed by atoms with van der Waals surface area (Å²) < 4.78 is 15.0. The molecule has 0 aliphatic rings. The second kappa shape index (κ2) is 14.6. The Labute approximate surface area is 191 Å². The van der Waals surface area contributed by atoms with Crippen molar-refractivity contribution in [1.82, 2.24) is 15.0 Å². The van der Waals surface area contributed by atoms with E-state index >= 15 is 0 Å². The molecule has 0 bridgehead atoms. The molecule has 6 nitrogen and oxygen atoms in total. The van der Waals surface area contributed by atoms with Gasteiger partial charge in [0.05, 0.1) is 18.1 Å². The SMILES string of the molecule is C.C.C.C.CC(C)(C)c1cnco1.CC(C)(C)c1cocn1.CC(C)(C)c1ncco1. The summed E-state index contributed by atoms with van der Waals surface area (Å²) in [6.45, 7) is 18.8. The first-order valence-corrected chi connectivity index (χ1v) is 8.99. The zero-order chi connectivity index (χ0) is 20.7. The van der Waals surface area contributed by atoms with E-state index in [-0.39, 0.29) is 46.0 Å². The van der Waals surface area contributed by atoms with Crippen molar-refractivity contribution in [3.8, 4) is 0 Å². The molecule has 3 rings (SSSR count). The van der Waals surface area contributed by atoms with Crippen molar-refractivity contribution in [3.63, 3.8) is 0 Å². The molecule has 3 heterocycles. The molecule has 0 aliphatic carbocycles. The van der Waals surface area contributed by atoms with Gasteiger partial charge in [0.1, 0.15) is 18.3 Å². The Kier molecular flexibility index (Phi) is 17.0. The van der Waals surface area contributed by atoms with Gasteiger partial charge >= 0.3 is 0 Å². The van der Waals surface area contributed by atoms with Gasteiger partial charge in [-0.05, 0) is 0 Å². The lowest BCUT2D eigenvalue weighted by Gasteiger charge is -2.12. The van der Waals surface area contributed by atoms with Crippen LogP contribution in [0.1, 0.15) is 109 Å². The summed E-state index contributed by atoms with van der Waals surface area (Å²) in [4.78, 5) is 11.9. The van der Waals surface area contributed by atoms with Crippen LogP contribution in [0.25, 0.3) is 0 Å². The largest absolute Gasteiger partial charge is 0.451 e. The summed E-state index contributed by atoms with van der Waals surface area (Å²) in [6.07, 6.45) is 9.61. The lowest BCUT2D eigenvalue weighted by molar-refractivity contribution is 0.392. The Morgan fingerprint density at radius 2 is 1.26 bits per heavy atom. The van der Waals surface area contributed by atoms with Crippen LogP contribution in [0.2, 0.25) is 0 Å². The van der Waals surface area contributed by atoms with Crippen molar-refractivity contribution in [2.24, 2.45) is 0 Å². The van der Waals surface area contributed by atoms with Gasteiger partial charge in [-0.25, -0.2) is 15.0 Å². The Hall–Kier alpha value is -2.37. The fraction of sp³-hybridized carbons (Fsp3) is 0.640. The summed E-state index contributed by atoms with van der Waals surface area (Å²) in [5.74, 6) is 1.73. The Bertz CT molecular complexity index is 620. The number of nitrogens with zero attached hydrogens (tertiary/aromatic N) is 3. The van der Waals surface area contributed by atoms with E-state index in [0.29, 0.717) is 0 Å². The molecule has 31 heavy (non-hydrogen) atoms. The van der Waals surface area contributed by atoms with Crippen LogP contribution >= 0.6 is 0 Å². The van der Waals surface area contributed by atoms with E-state index in [1.807, 2.05) is 0 Å².